The normalized spacial score (nSPS) is 47.2. The summed E-state index contributed by atoms with van der Waals surface area (Å²) in [6.45, 7) is 9.74. The van der Waals surface area contributed by atoms with Crippen molar-refractivity contribution in [2.75, 3.05) is 6.61 Å². The first-order chi connectivity index (χ1) is 20.8. The zero-order valence-electron chi connectivity index (χ0n) is 28.0. The van der Waals surface area contributed by atoms with Gasteiger partial charge in [-0.05, 0) is 85.0 Å². The second-order valence-corrected chi connectivity index (χ2v) is 16.5. The minimum Gasteiger partial charge on any atom is -0.726 e. The number of ether oxygens (including phenoxy) is 2. The van der Waals surface area contributed by atoms with E-state index in [0.717, 1.165) is 12.0 Å². The van der Waals surface area contributed by atoms with Gasteiger partial charge in [-0.15, -0.1) is 0 Å². The van der Waals surface area contributed by atoms with Crippen LogP contribution in [0.15, 0.2) is 11.6 Å². The van der Waals surface area contributed by atoms with Crippen LogP contribution < -0.4 is 29.6 Å². The molecular weight excluding hydrogens is 631 g/mol. The molecule has 5 rings (SSSR count). The molecule has 0 spiro atoms. The molecule has 4 aliphatic carbocycles. The van der Waals surface area contributed by atoms with Crippen LogP contribution in [0.4, 0.5) is 0 Å². The third-order valence-electron chi connectivity index (χ3n) is 12.5. The molecule has 0 radical (unpaired) electrons. The van der Waals surface area contributed by atoms with Gasteiger partial charge in [0.2, 0.25) is 10.4 Å². The first-order valence-electron chi connectivity index (χ1n) is 16.6. The van der Waals surface area contributed by atoms with Crippen molar-refractivity contribution in [2.24, 2.45) is 40.4 Å². The molecule has 1 saturated heterocycles. The summed E-state index contributed by atoms with van der Waals surface area (Å²) in [4.78, 5) is 0. The summed E-state index contributed by atoms with van der Waals surface area (Å²) in [6.07, 6.45) is -2.10. The topological polar surface area (TPSA) is 206 Å². The summed E-state index contributed by atoms with van der Waals surface area (Å²) < 4.78 is 50.1. The van der Waals surface area contributed by atoms with E-state index in [1.165, 1.54) is 0 Å². The monoisotopic (exact) mass is 684 g/mol. The first kappa shape index (κ1) is 39.1. The molecule has 1 aliphatic heterocycles. The van der Waals surface area contributed by atoms with E-state index in [2.05, 4.69) is 20.8 Å². The van der Waals surface area contributed by atoms with Crippen LogP contribution in [0.5, 0.6) is 0 Å². The van der Waals surface area contributed by atoms with Gasteiger partial charge >= 0.3 is 29.6 Å². The molecule has 0 aromatic carbocycles. The summed E-state index contributed by atoms with van der Waals surface area (Å²) in [5, 5.41) is 66.0. The van der Waals surface area contributed by atoms with Gasteiger partial charge in [0.1, 0.15) is 18.3 Å². The summed E-state index contributed by atoms with van der Waals surface area (Å²) in [5.41, 5.74) is -1.51. The standard InChI is InChI=1S/C32H54O12S.Na/c1-16(2)24(44-45(39,40)41)7-6-17(3)19-13-21(33)28-31(19,5)11-9-25-30(4)10-8-18(12-20(30)22(34)14-32(25,28)38)43-29-27(37)26(36)23(35)15-42-29;/h12,16-19,21-29,33-38H,6-11,13-15H2,1-5H3,(H,39,40,41);/q;+1/p-1/t17-,18+,19-,21-,22+,23?,24+,25?,26?,27?,28?,29?,30+,31-,32+;/m1./s1. The molecule has 0 bridgehead atoms. The maximum absolute atomic E-state index is 12.6. The summed E-state index contributed by atoms with van der Waals surface area (Å²) in [7, 11) is -4.83. The molecule has 6 N–H and O–H groups in total. The van der Waals surface area contributed by atoms with Gasteiger partial charge in [0, 0.05) is 12.3 Å². The number of hydrogen-bond donors (Lipinski definition) is 6. The molecular formula is C32H53NaO12S. The maximum Gasteiger partial charge on any atom is 1.00 e. The van der Waals surface area contributed by atoms with Gasteiger partial charge in [0.25, 0.3) is 0 Å². The predicted octanol–water partition coefficient (Wildman–Crippen LogP) is -1.63. The molecule has 12 nitrogen and oxygen atoms in total. The fourth-order valence-electron chi connectivity index (χ4n) is 10.3. The largest absolute Gasteiger partial charge is 1.00 e. The van der Waals surface area contributed by atoms with E-state index >= 15 is 0 Å². The minimum atomic E-state index is -4.83. The number of fused-ring (bicyclic) bond motifs is 5. The first-order valence-corrected chi connectivity index (χ1v) is 17.9. The Labute approximate surface area is 295 Å². The number of aliphatic hydroxyl groups excluding tert-OH is 5. The van der Waals surface area contributed by atoms with Crippen molar-refractivity contribution in [3.8, 4) is 0 Å². The molecule has 1 heterocycles. The molecule has 6 unspecified atom stereocenters. The fourth-order valence-corrected chi connectivity index (χ4v) is 10.9. The van der Waals surface area contributed by atoms with E-state index in [-0.39, 0.29) is 66.3 Å². The summed E-state index contributed by atoms with van der Waals surface area (Å²) in [5.74, 6) is -0.728. The molecule has 15 atom stereocenters. The van der Waals surface area contributed by atoms with Crippen molar-refractivity contribution < 1.29 is 86.8 Å². The average molecular weight is 685 g/mol. The molecule has 4 fully saturated rings. The van der Waals surface area contributed by atoms with Crippen LogP contribution in [0.25, 0.3) is 0 Å². The van der Waals surface area contributed by atoms with E-state index in [4.69, 9.17) is 13.7 Å². The number of rotatable bonds is 9. The van der Waals surface area contributed by atoms with Gasteiger partial charge in [-0.1, -0.05) is 40.7 Å². The van der Waals surface area contributed by atoms with Gasteiger partial charge < -0.3 is 44.7 Å². The third kappa shape index (κ3) is 7.08. The van der Waals surface area contributed by atoms with Crippen LogP contribution in [-0.2, 0) is 24.1 Å². The smallest absolute Gasteiger partial charge is 0.726 e. The fraction of sp³-hybridized carbons (Fsp3) is 0.938. The van der Waals surface area contributed by atoms with Crippen LogP contribution in [0.2, 0.25) is 0 Å². The Kier molecular flexibility index (Phi) is 12.0. The number of hydrogen-bond acceptors (Lipinski definition) is 12. The quantitative estimate of drug-likeness (QED) is 0.0701. The minimum absolute atomic E-state index is 0. The van der Waals surface area contributed by atoms with Crippen molar-refractivity contribution in [1.29, 1.82) is 0 Å². The van der Waals surface area contributed by atoms with Gasteiger partial charge in [-0.25, -0.2) is 8.42 Å². The van der Waals surface area contributed by atoms with Crippen LogP contribution in [-0.4, -0.2) is 105 Å². The maximum atomic E-state index is 12.6. The van der Waals surface area contributed by atoms with Gasteiger partial charge in [-0.3, -0.25) is 4.18 Å². The Morgan fingerprint density at radius 3 is 2.33 bits per heavy atom. The second kappa shape index (κ2) is 14.1. The van der Waals surface area contributed by atoms with Crippen molar-refractivity contribution in [2.45, 2.75) is 141 Å². The number of aliphatic hydroxyl groups is 6. The van der Waals surface area contributed by atoms with E-state index in [1.807, 2.05) is 19.9 Å². The molecule has 14 heteroatoms. The Hall–Kier alpha value is 0.290. The van der Waals surface area contributed by atoms with Gasteiger partial charge in [0.15, 0.2) is 6.29 Å². The molecule has 260 valence electrons. The molecule has 0 aromatic rings. The van der Waals surface area contributed by atoms with Gasteiger partial charge in [0.05, 0.1) is 36.6 Å². The summed E-state index contributed by atoms with van der Waals surface area (Å²) in [6, 6.07) is 0. The van der Waals surface area contributed by atoms with Gasteiger partial charge in [-0.2, -0.15) is 0 Å². The van der Waals surface area contributed by atoms with E-state index in [0.29, 0.717) is 38.5 Å². The van der Waals surface area contributed by atoms with E-state index in [9.17, 15) is 43.6 Å². The van der Waals surface area contributed by atoms with Crippen LogP contribution in [0.1, 0.15) is 86.0 Å². The van der Waals surface area contributed by atoms with Crippen LogP contribution in [0.3, 0.4) is 0 Å². The summed E-state index contributed by atoms with van der Waals surface area (Å²) >= 11 is 0. The second-order valence-electron chi connectivity index (χ2n) is 15.5. The Bertz CT molecular complexity index is 1220. The van der Waals surface area contributed by atoms with E-state index in [1.54, 1.807) is 0 Å². The molecule has 3 saturated carbocycles. The average Bonchev–Trinajstić information content (AvgIpc) is 3.22. The van der Waals surface area contributed by atoms with Crippen molar-refractivity contribution >= 4 is 10.4 Å². The predicted molar refractivity (Wildman–Crippen MR) is 160 cm³/mol. The Morgan fingerprint density at radius 2 is 1.70 bits per heavy atom. The molecule has 0 aromatic heterocycles. The van der Waals surface area contributed by atoms with Crippen molar-refractivity contribution in [1.82, 2.24) is 0 Å². The third-order valence-corrected chi connectivity index (χ3v) is 13.0. The zero-order chi connectivity index (χ0) is 33.3. The molecule has 0 amide bonds. The zero-order valence-corrected chi connectivity index (χ0v) is 30.8. The Morgan fingerprint density at radius 1 is 1.02 bits per heavy atom. The van der Waals surface area contributed by atoms with Crippen molar-refractivity contribution in [3.63, 3.8) is 0 Å². The molecule has 46 heavy (non-hydrogen) atoms. The van der Waals surface area contributed by atoms with E-state index < -0.39 is 81.8 Å². The Balaban J connectivity index is 0.00000480. The van der Waals surface area contributed by atoms with Crippen molar-refractivity contribution in [3.05, 3.63) is 11.6 Å². The van der Waals surface area contributed by atoms with Crippen LogP contribution in [0, 0.1) is 40.4 Å². The SMILES string of the molecule is CC(C)[C@H](CC[C@@H](C)[C@H]1C[C@@H](O)C2[C@]3(O)C[C@H](O)C4=C[C@@H](OC5OCC(O)C(O)C5O)CC[C@]4(C)C3CC[C@@]21C)OS(=O)(=O)[O-].[Na+]. The van der Waals surface area contributed by atoms with Crippen LogP contribution >= 0.6 is 0 Å². The molecule has 5 aliphatic rings.